The third-order valence-electron chi connectivity index (χ3n) is 3.51. The molecule has 1 aliphatic heterocycles. The van der Waals surface area contributed by atoms with E-state index in [0.29, 0.717) is 28.7 Å². The Bertz CT molecular complexity index is 466. The quantitative estimate of drug-likeness (QED) is 0.909. The van der Waals surface area contributed by atoms with Crippen molar-refractivity contribution in [2.75, 3.05) is 6.61 Å². The number of fused-ring (bicyclic) bond motifs is 1. The Morgan fingerprint density at radius 1 is 1.39 bits per heavy atom. The van der Waals surface area contributed by atoms with E-state index in [2.05, 4.69) is 26.3 Å². The highest BCUT2D eigenvalue weighted by atomic mass is 79.9. The average molecular weight is 314 g/mol. The Hall–Kier alpha value is -1.04. The van der Waals surface area contributed by atoms with Gasteiger partial charge in [-0.15, -0.1) is 0 Å². The van der Waals surface area contributed by atoms with Crippen molar-refractivity contribution in [2.24, 2.45) is 0 Å². The second-order valence-corrected chi connectivity index (χ2v) is 5.64. The first-order valence-electron chi connectivity index (χ1n) is 6.45. The van der Waals surface area contributed by atoms with E-state index in [1.54, 1.807) is 4.68 Å². The van der Waals surface area contributed by atoms with Crippen LogP contribution in [0, 0.1) is 0 Å². The van der Waals surface area contributed by atoms with Crippen LogP contribution < -0.4 is 10.1 Å². The van der Waals surface area contributed by atoms with E-state index in [1.165, 1.54) is 12.8 Å². The Morgan fingerprint density at radius 2 is 2.17 bits per heavy atom. The zero-order valence-corrected chi connectivity index (χ0v) is 11.7. The molecule has 0 aromatic carbocycles. The van der Waals surface area contributed by atoms with Crippen molar-refractivity contribution in [1.29, 1.82) is 0 Å². The van der Waals surface area contributed by atoms with Crippen LogP contribution in [0.2, 0.25) is 0 Å². The first kappa shape index (κ1) is 12.0. The summed E-state index contributed by atoms with van der Waals surface area (Å²) in [7, 11) is 0. The largest absolute Gasteiger partial charge is 0.477 e. The van der Waals surface area contributed by atoms with Crippen LogP contribution >= 0.6 is 15.9 Å². The van der Waals surface area contributed by atoms with Crippen molar-refractivity contribution in [1.82, 2.24) is 15.1 Å². The minimum Gasteiger partial charge on any atom is -0.477 e. The Kier molecular flexibility index (Phi) is 3.28. The highest BCUT2D eigenvalue weighted by Crippen LogP contribution is 2.31. The van der Waals surface area contributed by atoms with E-state index in [1.807, 2.05) is 0 Å². The molecule has 0 bridgehead atoms. The smallest absolute Gasteiger partial charge is 0.273 e. The van der Waals surface area contributed by atoms with Gasteiger partial charge in [0.2, 0.25) is 5.88 Å². The van der Waals surface area contributed by atoms with E-state index >= 15 is 0 Å². The molecule has 0 atom stereocenters. The second-order valence-electron chi connectivity index (χ2n) is 4.85. The first-order chi connectivity index (χ1) is 8.75. The lowest BCUT2D eigenvalue weighted by atomic mass is 10.2. The van der Waals surface area contributed by atoms with Gasteiger partial charge in [-0.1, -0.05) is 12.8 Å². The second kappa shape index (κ2) is 4.91. The third-order valence-corrected chi connectivity index (χ3v) is 4.22. The van der Waals surface area contributed by atoms with Gasteiger partial charge in [0.05, 0.1) is 6.61 Å². The van der Waals surface area contributed by atoms with Gasteiger partial charge >= 0.3 is 0 Å². The molecular weight excluding hydrogens is 298 g/mol. The standard InChI is InChI=1S/C12H16BrN3O2/c13-9-10(11(17)14-8-4-1-2-5-8)15-16-6-3-7-18-12(9)16/h8H,1-7H2,(H,14,17). The maximum absolute atomic E-state index is 12.2. The topological polar surface area (TPSA) is 56.2 Å². The molecule has 3 rings (SSSR count). The zero-order chi connectivity index (χ0) is 12.5. The molecule has 1 N–H and O–H groups in total. The van der Waals surface area contributed by atoms with Gasteiger partial charge in [0.15, 0.2) is 5.69 Å². The van der Waals surface area contributed by atoms with Crippen LogP contribution in [0.5, 0.6) is 5.88 Å². The molecule has 1 aromatic heterocycles. The summed E-state index contributed by atoms with van der Waals surface area (Å²) in [5.74, 6) is 0.581. The first-order valence-corrected chi connectivity index (χ1v) is 7.25. The van der Waals surface area contributed by atoms with E-state index in [9.17, 15) is 4.79 Å². The molecule has 0 spiro atoms. The molecule has 1 fully saturated rings. The van der Waals surface area contributed by atoms with Gasteiger partial charge in [-0.2, -0.15) is 5.10 Å². The number of hydrogen-bond donors (Lipinski definition) is 1. The molecule has 0 radical (unpaired) electrons. The van der Waals surface area contributed by atoms with E-state index in [0.717, 1.165) is 25.8 Å². The Balaban J connectivity index is 1.78. The van der Waals surface area contributed by atoms with Crippen molar-refractivity contribution in [3.05, 3.63) is 10.2 Å². The molecule has 0 saturated heterocycles. The number of ether oxygens (including phenoxy) is 1. The van der Waals surface area contributed by atoms with Crippen molar-refractivity contribution >= 4 is 21.8 Å². The molecule has 2 heterocycles. The maximum atomic E-state index is 12.2. The van der Waals surface area contributed by atoms with Crippen molar-refractivity contribution in [3.8, 4) is 5.88 Å². The number of carbonyl (C=O) groups is 1. The number of amides is 1. The number of halogens is 1. The molecule has 2 aliphatic rings. The molecule has 1 aromatic rings. The molecular formula is C12H16BrN3O2. The van der Waals surface area contributed by atoms with Crippen LogP contribution in [0.1, 0.15) is 42.6 Å². The average Bonchev–Trinajstić information content (AvgIpc) is 2.98. The van der Waals surface area contributed by atoms with Crippen molar-refractivity contribution in [3.63, 3.8) is 0 Å². The highest BCUT2D eigenvalue weighted by Gasteiger charge is 2.26. The van der Waals surface area contributed by atoms with E-state index < -0.39 is 0 Å². The predicted octanol–water partition coefficient (Wildman–Crippen LogP) is 2.10. The lowest BCUT2D eigenvalue weighted by molar-refractivity contribution is 0.0931. The molecule has 98 valence electrons. The fourth-order valence-corrected chi connectivity index (χ4v) is 3.14. The number of aryl methyl sites for hydroxylation is 1. The number of nitrogens with one attached hydrogen (secondary N) is 1. The molecule has 18 heavy (non-hydrogen) atoms. The number of nitrogens with zero attached hydrogens (tertiary/aromatic N) is 2. The molecule has 5 nitrogen and oxygen atoms in total. The van der Waals surface area contributed by atoms with Gasteiger partial charge < -0.3 is 10.1 Å². The fraction of sp³-hybridized carbons (Fsp3) is 0.667. The van der Waals surface area contributed by atoms with Crippen LogP contribution in [0.25, 0.3) is 0 Å². The van der Waals surface area contributed by atoms with Crippen LogP contribution in [0.4, 0.5) is 0 Å². The van der Waals surface area contributed by atoms with Crippen LogP contribution in [-0.4, -0.2) is 28.3 Å². The third kappa shape index (κ3) is 2.13. The van der Waals surface area contributed by atoms with Gasteiger partial charge in [0, 0.05) is 19.0 Å². The summed E-state index contributed by atoms with van der Waals surface area (Å²) < 4.78 is 7.97. The number of hydrogen-bond acceptors (Lipinski definition) is 3. The molecule has 0 unspecified atom stereocenters. The summed E-state index contributed by atoms with van der Waals surface area (Å²) in [5, 5.41) is 7.37. The van der Waals surface area contributed by atoms with Gasteiger partial charge in [-0.25, -0.2) is 4.68 Å². The minimum absolute atomic E-state index is 0.0979. The van der Waals surface area contributed by atoms with Crippen molar-refractivity contribution in [2.45, 2.75) is 44.7 Å². The lowest BCUT2D eigenvalue weighted by Crippen LogP contribution is -2.33. The van der Waals surface area contributed by atoms with Crippen LogP contribution in [0.3, 0.4) is 0 Å². The van der Waals surface area contributed by atoms with Crippen LogP contribution in [-0.2, 0) is 6.54 Å². The summed E-state index contributed by atoms with van der Waals surface area (Å²) in [6, 6.07) is 0.309. The minimum atomic E-state index is -0.0979. The monoisotopic (exact) mass is 313 g/mol. The van der Waals surface area contributed by atoms with Crippen molar-refractivity contribution < 1.29 is 9.53 Å². The summed E-state index contributed by atoms with van der Waals surface area (Å²) >= 11 is 3.42. The maximum Gasteiger partial charge on any atom is 0.273 e. The Morgan fingerprint density at radius 3 is 2.89 bits per heavy atom. The zero-order valence-electron chi connectivity index (χ0n) is 10.1. The number of rotatable bonds is 2. The fourth-order valence-electron chi connectivity index (χ4n) is 2.57. The summed E-state index contributed by atoms with van der Waals surface area (Å²) in [5.41, 5.74) is 0.443. The van der Waals surface area contributed by atoms with E-state index in [-0.39, 0.29) is 5.91 Å². The van der Waals surface area contributed by atoms with E-state index in [4.69, 9.17) is 4.74 Å². The SMILES string of the molecule is O=C(NC1CCCC1)c1nn2c(c1Br)OCCC2. The predicted molar refractivity (Wildman–Crippen MR) is 69.8 cm³/mol. The molecule has 1 aliphatic carbocycles. The van der Waals surface area contributed by atoms with Gasteiger partial charge in [0.25, 0.3) is 5.91 Å². The van der Waals surface area contributed by atoms with Crippen LogP contribution in [0.15, 0.2) is 4.47 Å². The van der Waals surface area contributed by atoms with Gasteiger partial charge in [-0.05, 0) is 28.8 Å². The number of aromatic nitrogens is 2. The normalized spacial score (nSPS) is 19.4. The molecule has 1 saturated carbocycles. The Labute approximate surface area is 114 Å². The number of carbonyl (C=O) groups excluding carboxylic acids is 1. The highest BCUT2D eigenvalue weighted by molar-refractivity contribution is 9.10. The summed E-state index contributed by atoms with van der Waals surface area (Å²) in [4.78, 5) is 12.2. The van der Waals surface area contributed by atoms with Gasteiger partial charge in [-0.3, -0.25) is 4.79 Å². The molecule has 6 heteroatoms. The summed E-state index contributed by atoms with van der Waals surface area (Å²) in [6.45, 7) is 1.50. The lowest BCUT2D eigenvalue weighted by Gasteiger charge is -2.14. The summed E-state index contributed by atoms with van der Waals surface area (Å²) in [6.07, 6.45) is 5.50. The molecule has 1 amide bonds. The van der Waals surface area contributed by atoms with Gasteiger partial charge in [0.1, 0.15) is 4.47 Å².